The van der Waals surface area contributed by atoms with E-state index < -0.39 is 11.7 Å². The van der Waals surface area contributed by atoms with Crippen LogP contribution in [0.15, 0.2) is 61.2 Å². The van der Waals surface area contributed by atoms with E-state index >= 15 is 0 Å². The first-order valence-corrected chi connectivity index (χ1v) is 11.6. The number of carbonyl (C=O) groups is 3. The maximum atomic E-state index is 13.5. The summed E-state index contributed by atoms with van der Waals surface area (Å²) >= 11 is 0. The molecule has 0 spiro atoms. The fraction of sp³-hybridized carbons (Fsp3) is 0.346. The second-order valence-corrected chi connectivity index (χ2v) is 8.66. The Balaban J connectivity index is 1.54. The molecule has 8 nitrogen and oxygen atoms in total. The van der Waals surface area contributed by atoms with Gasteiger partial charge in [0, 0.05) is 55.7 Å². The van der Waals surface area contributed by atoms with Gasteiger partial charge in [-0.15, -0.1) is 6.58 Å². The number of urea groups is 1. The Labute approximate surface area is 205 Å². The number of nitrogens with one attached hydrogen (secondary N) is 2. The molecule has 0 unspecified atom stereocenters. The van der Waals surface area contributed by atoms with Crippen LogP contribution in [0.5, 0.6) is 0 Å². The van der Waals surface area contributed by atoms with Gasteiger partial charge in [-0.1, -0.05) is 12.1 Å². The van der Waals surface area contributed by atoms with Gasteiger partial charge in [0.05, 0.1) is 0 Å². The normalized spacial score (nSPS) is 13.4. The van der Waals surface area contributed by atoms with Crippen LogP contribution in [0, 0.1) is 5.82 Å². The number of carbonyl (C=O) groups excluding carboxylic acids is 3. The van der Waals surface area contributed by atoms with E-state index in [2.05, 4.69) is 22.1 Å². The van der Waals surface area contributed by atoms with E-state index in [0.717, 1.165) is 24.8 Å². The summed E-state index contributed by atoms with van der Waals surface area (Å²) < 4.78 is 13.5. The minimum absolute atomic E-state index is 0.0425. The summed E-state index contributed by atoms with van der Waals surface area (Å²) in [6, 6.07) is 12.9. The molecule has 35 heavy (non-hydrogen) atoms. The number of halogens is 1. The van der Waals surface area contributed by atoms with Crippen LogP contribution in [0.2, 0.25) is 0 Å². The number of piperazine rings is 1. The van der Waals surface area contributed by atoms with Crippen LogP contribution in [0.3, 0.4) is 0 Å². The zero-order valence-electron chi connectivity index (χ0n) is 20.2. The Bertz CT molecular complexity index is 1050. The maximum absolute atomic E-state index is 13.5. The average molecular weight is 482 g/mol. The number of hydrogen-bond acceptors (Lipinski definition) is 4. The smallest absolute Gasteiger partial charge is 0.317 e. The van der Waals surface area contributed by atoms with E-state index in [0.29, 0.717) is 18.8 Å². The van der Waals surface area contributed by atoms with Crippen molar-refractivity contribution < 1.29 is 18.8 Å². The van der Waals surface area contributed by atoms with E-state index in [4.69, 9.17) is 0 Å². The van der Waals surface area contributed by atoms with Crippen LogP contribution < -0.4 is 15.5 Å². The van der Waals surface area contributed by atoms with Gasteiger partial charge >= 0.3 is 6.03 Å². The van der Waals surface area contributed by atoms with E-state index in [9.17, 15) is 18.8 Å². The highest BCUT2D eigenvalue weighted by atomic mass is 19.1. The van der Waals surface area contributed by atoms with Crippen molar-refractivity contribution >= 4 is 29.2 Å². The van der Waals surface area contributed by atoms with Crippen LogP contribution in [-0.2, 0) is 4.79 Å². The lowest BCUT2D eigenvalue weighted by Crippen LogP contribution is -2.52. The van der Waals surface area contributed by atoms with Crippen molar-refractivity contribution in [2.45, 2.75) is 19.9 Å². The molecule has 3 rings (SSSR count). The molecule has 1 saturated heterocycles. The third-order valence-corrected chi connectivity index (χ3v) is 5.54. The van der Waals surface area contributed by atoms with Crippen LogP contribution in [-0.4, -0.2) is 73.0 Å². The Kier molecular flexibility index (Phi) is 8.83. The summed E-state index contributed by atoms with van der Waals surface area (Å²) in [5, 5.41) is 5.71. The van der Waals surface area contributed by atoms with Crippen LogP contribution >= 0.6 is 0 Å². The fourth-order valence-electron chi connectivity index (χ4n) is 3.81. The first-order valence-electron chi connectivity index (χ1n) is 11.6. The number of nitrogens with zero attached hydrogens (tertiary/aromatic N) is 3. The molecule has 0 bridgehead atoms. The molecule has 1 heterocycles. The molecule has 0 saturated carbocycles. The predicted octanol–water partition coefficient (Wildman–Crippen LogP) is 3.33. The number of benzene rings is 2. The molecule has 2 aromatic carbocycles. The molecule has 0 aliphatic carbocycles. The van der Waals surface area contributed by atoms with Crippen LogP contribution in [0.1, 0.15) is 24.2 Å². The van der Waals surface area contributed by atoms with Crippen molar-refractivity contribution in [3.05, 3.63) is 72.6 Å². The summed E-state index contributed by atoms with van der Waals surface area (Å²) in [6.07, 6.45) is 1.52. The number of amides is 4. The topological polar surface area (TPSA) is 85.0 Å². The van der Waals surface area contributed by atoms with Gasteiger partial charge in [0.1, 0.15) is 12.4 Å². The quantitative estimate of drug-likeness (QED) is 0.567. The lowest BCUT2D eigenvalue weighted by atomic mass is 10.2. The molecular weight excluding hydrogens is 449 g/mol. The van der Waals surface area contributed by atoms with Gasteiger partial charge in [0.2, 0.25) is 5.91 Å². The van der Waals surface area contributed by atoms with E-state index in [-0.39, 0.29) is 36.6 Å². The molecule has 0 radical (unpaired) electrons. The summed E-state index contributed by atoms with van der Waals surface area (Å²) in [6.45, 7) is 10.2. The maximum Gasteiger partial charge on any atom is 0.317 e. The summed E-state index contributed by atoms with van der Waals surface area (Å²) in [5.74, 6) is -1.33. The summed E-state index contributed by atoms with van der Waals surface area (Å²) in [5.41, 5.74) is 1.78. The van der Waals surface area contributed by atoms with Gasteiger partial charge in [-0.3, -0.25) is 9.59 Å². The molecule has 186 valence electrons. The first kappa shape index (κ1) is 25.7. The number of rotatable bonds is 8. The highest BCUT2D eigenvalue weighted by molar-refractivity contribution is 5.99. The minimum atomic E-state index is -0.515. The van der Waals surface area contributed by atoms with Crippen molar-refractivity contribution in [1.82, 2.24) is 15.1 Å². The summed E-state index contributed by atoms with van der Waals surface area (Å²) in [4.78, 5) is 42.8. The highest BCUT2D eigenvalue weighted by Gasteiger charge is 2.22. The van der Waals surface area contributed by atoms with E-state index in [1.807, 2.05) is 30.9 Å². The van der Waals surface area contributed by atoms with Gasteiger partial charge in [0.15, 0.2) is 0 Å². The zero-order valence-corrected chi connectivity index (χ0v) is 20.2. The van der Waals surface area contributed by atoms with Crippen molar-refractivity contribution in [2.24, 2.45) is 0 Å². The molecule has 1 aliphatic heterocycles. The SMILES string of the molecule is C=CCN(CC(=O)Nc1ccc(N2CCN(C(=O)NC(C)C)CC2)cc1)C(=O)c1cccc(F)c1. The van der Waals surface area contributed by atoms with Crippen LogP contribution in [0.25, 0.3) is 0 Å². The molecule has 2 aromatic rings. The highest BCUT2D eigenvalue weighted by Crippen LogP contribution is 2.20. The molecule has 1 fully saturated rings. The third kappa shape index (κ3) is 7.30. The standard InChI is InChI=1S/C26H32FN5O3/c1-4-12-32(25(34)20-6-5-7-21(27)17-20)18-24(33)29-22-8-10-23(11-9-22)30-13-15-31(16-14-30)26(35)28-19(2)3/h4-11,17,19H,1,12-16,18H2,2-3H3,(H,28,35)(H,29,33). The Morgan fingerprint density at radius 2 is 1.77 bits per heavy atom. The Morgan fingerprint density at radius 1 is 1.09 bits per heavy atom. The first-order chi connectivity index (χ1) is 16.8. The van der Waals surface area contributed by atoms with Gasteiger partial charge in [-0.25, -0.2) is 9.18 Å². The summed E-state index contributed by atoms with van der Waals surface area (Å²) in [7, 11) is 0. The van der Waals surface area contributed by atoms with Gasteiger partial charge in [-0.2, -0.15) is 0 Å². The monoisotopic (exact) mass is 481 g/mol. The minimum Gasteiger partial charge on any atom is -0.368 e. The molecular formula is C26H32FN5O3. The molecule has 9 heteroatoms. The van der Waals surface area contributed by atoms with Crippen LogP contribution in [0.4, 0.5) is 20.6 Å². The fourth-order valence-corrected chi connectivity index (χ4v) is 3.81. The predicted molar refractivity (Wildman–Crippen MR) is 135 cm³/mol. The second kappa shape index (κ2) is 12.0. The number of anilines is 2. The third-order valence-electron chi connectivity index (χ3n) is 5.54. The lowest BCUT2D eigenvalue weighted by Gasteiger charge is -2.36. The average Bonchev–Trinajstić information content (AvgIpc) is 2.83. The molecule has 0 atom stereocenters. The van der Waals surface area contributed by atoms with Gasteiger partial charge < -0.3 is 25.3 Å². The van der Waals surface area contributed by atoms with E-state index in [1.54, 1.807) is 12.1 Å². The zero-order chi connectivity index (χ0) is 25.4. The molecule has 2 N–H and O–H groups in total. The van der Waals surface area contributed by atoms with Crippen molar-refractivity contribution in [3.8, 4) is 0 Å². The molecule has 0 aromatic heterocycles. The largest absolute Gasteiger partial charge is 0.368 e. The number of hydrogen-bond donors (Lipinski definition) is 2. The van der Waals surface area contributed by atoms with Crippen molar-refractivity contribution in [1.29, 1.82) is 0 Å². The molecule has 1 aliphatic rings. The van der Waals surface area contributed by atoms with Gasteiger partial charge in [-0.05, 0) is 56.3 Å². The van der Waals surface area contributed by atoms with Gasteiger partial charge in [0.25, 0.3) is 5.91 Å². The van der Waals surface area contributed by atoms with Crippen molar-refractivity contribution in [3.63, 3.8) is 0 Å². The Morgan fingerprint density at radius 3 is 2.37 bits per heavy atom. The molecule has 4 amide bonds. The second-order valence-electron chi connectivity index (χ2n) is 8.66. The Hall–Kier alpha value is -3.88. The van der Waals surface area contributed by atoms with E-state index in [1.165, 1.54) is 29.2 Å². The lowest BCUT2D eigenvalue weighted by molar-refractivity contribution is -0.116. The van der Waals surface area contributed by atoms with Crippen molar-refractivity contribution in [2.75, 3.05) is 49.5 Å².